The third-order valence-electron chi connectivity index (χ3n) is 5.24. The van der Waals surface area contributed by atoms with Gasteiger partial charge < -0.3 is 10.6 Å². The molecule has 29 heavy (non-hydrogen) atoms. The number of thiazole rings is 1. The normalized spacial score (nSPS) is 15.5. The van der Waals surface area contributed by atoms with Crippen LogP contribution < -0.4 is 10.6 Å². The van der Waals surface area contributed by atoms with E-state index in [0.29, 0.717) is 10.7 Å². The van der Waals surface area contributed by atoms with Crippen molar-refractivity contribution < 1.29 is 9.59 Å². The fourth-order valence-corrected chi connectivity index (χ4v) is 4.31. The molecule has 0 fully saturated rings. The largest absolute Gasteiger partial charge is 0.341 e. The first-order valence-corrected chi connectivity index (χ1v) is 10.9. The first-order chi connectivity index (χ1) is 13.7. The molecule has 7 heteroatoms. The van der Waals surface area contributed by atoms with Gasteiger partial charge in [0.1, 0.15) is 6.04 Å². The second kappa shape index (κ2) is 8.63. The number of hydrogen-bond acceptors (Lipinski definition) is 5. The Morgan fingerprint density at radius 2 is 1.93 bits per heavy atom. The summed E-state index contributed by atoms with van der Waals surface area (Å²) < 4.78 is 0. The zero-order chi connectivity index (χ0) is 21.2. The number of hydrogen-bond donors (Lipinski definition) is 2. The summed E-state index contributed by atoms with van der Waals surface area (Å²) in [5.74, 6) is -0.520. The van der Waals surface area contributed by atoms with Gasteiger partial charge in [-0.15, -0.1) is 11.3 Å². The topological polar surface area (TPSA) is 74.3 Å². The number of carbonyl (C=O) groups is 2. The Balaban J connectivity index is 1.58. The molecule has 2 amide bonds. The molecule has 1 aromatic heterocycles. The third-order valence-corrected chi connectivity index (χ3v) is 6.24. The van der Waals surface area contributed by atoms with Crippen LogP contribution in [-0.2, 0) is 23.2 Å². The van der Waals surface area contributed by atoms with Crippen molar-refractivity contribution in [2.45, 2.75) is 59.0 Å². The molecule has 0 saturated heterocycles. The summed E-state index contributed by atoms with van der Waals surface area (Å²) in [6.45, 7) is 13.1. The first kappa shape index (κ1) is 21.5. The number of carbonyl (C=O) groups excluding carboxylic acids is 2. The Bertz CT molecular complexity index is 883. The molecule has 3 rings (SSSR count). The lowest BCUT2D eigenvalue weighted by Gasteiger charge is -2.23. The third kappa shape index (κ3) is 5.22. The minimum atomic E-state index is -0.655. The van der Waals surface area contributed by atoms with Crippen molar-refractivity contribution in [3.8, 4) is 0 Å². The number of aromatic nitrogens is 1. The zero-order valence-electron chi connectivity index (χ0n) is 17.8. The number of rotatable bonds is 5. The first-order valence-electron chi connectivity index (χ1n) is 10.1. The van der Waals surface area contributed by atoms with Crippen LogP contribution in [0.5, 0.6) is 0 Å². The van der Waals surface area contributed by atoms with Crippen molar-refractivity contribution in [2.24, 2.45) is 0 Å². The summed E-state index contributed by atoms with van der Waals surface area (Å²) in [7, 11) is 0. The minimum absolute atomic E-state index is 0.0310. The number of nitrogens with one attached hydrogen (secondary N) is 2. The molecule has 0 spiro atoms. The molecule has 1 aromatic carbocycles. The van der Waals surface area contributed by atoms with Crippen LogP contribution in [0.2, 0.25) is 0 Å². The standard InChI is InChI=1S/C22H30N4O2S/c1-6-26-12-11-17-18(13-26)29-21(24-17)25-19(27)14(2)23-20(28)15-7-9-16(10-8-15)22(3,4)5/h7-10,14H,6,11-13H2,1-5H3,(H,23,28)(H,24,25,27). The Morgan fingerprint density at radius 1 is 1.24 bits per heavy atom. The summed E-state index contributed by atoms with van der Waals surface area (Å²) in [6.07, 6.45) is 0.909. The SMILES string of the molecule is CCN1CCc2nc(NC(=O)C(C)NC(=O)c3ccc(C(C)(C)C)cc3)sc2C1. The average molecular weight is 415 g/mol. The van der Waals surface area contributed by atoms with Crippen LogP contribution in [0.25, 0.3) is 0 Å². The molecule has 1 unspecified atom stereocenters. The smallest absolute Gasteiger partial charge is 0.251 e. The quantitative estimate of drug-likeness (QED) is 0.784. The van der Waals surface area contributed by atoms with Crippen molar-refractivity contribution in [1.82, 2.24) is 15.2 Å². The molecule has 2 heterocycles. The molecule has 0 aliphatic carbocycles. The lowest BCUT2D eigenvalue weighted by molar-refractivity contribution is -0.117. The zero-order valence-corrected chi connectivity index (χ0v) is 18.7. The van der Waals surface area contributed by atoms with E-state index in [9.17, 15) is 9.59 Å². The predicted octanol–water partition coefficient (Wildman–Crippen LogP) is 3.58. The molecule has 6 nitrogen and oxygen atoms in total. The van der Waals surface area contributed by atoms with Gasteiger partial charge >= 0.3 is 0 Å². The molecule has 2 aromatic rings. The van der Waals surface area contributed by atoms with Crippen molar-refractivity contribution in [3.05, 3.63) is 46.0 Å². The van der Waals surface area contributed by atoms with Gasteiger partial charge in [0, 0.05) is 30.0 Å². The Labute approximate surface area is 176 Å². The van der Waals surface area contributed by atoms with Crippen LogP contribution in [0.3, 0.4) is 0 Å². The summed E-state index contributed by atoms with van der Waals surface area (Å²) in [5, 5.41) is 6.23. The van der Waals surface area contributed by atoms with Crippen LogP contribution in [0.4, 0.5) is 5.13 Å². The number of amides is 2. The summed E-state index contributed by atoms with van der Waals surface area (Å²) >= 11 is 1.52. The summed E-state index contributed by atoms with van der Waals surface area (Å²) in [6, 6.07) is 6.86. The van der Waals surface area contributed by atoms with Crippen LogP contribution in [0, 0.1) is 0 Å². The summed E-state index contributed by atoms with van der Waals surface area (Å²) in [5.41, 5.74) is 2.81. The fraction of sp³-hybridized carbons (Fsp3) is 0.500. The van der Waals surface area contributed by atoms with Gasteiger partial charge in [-0.2, -0.15) is 0 Å². The number of anilines is 1. The molecule has 0 radical (unpaired) electrons. The van der Waals surface area contributed by atoms with Crippen molar-refractivity contribution in [1.29, 1.82) is 0 Å². The predicted molar refractivity (Wildman–Crippen MR) is 117 cm³/mol. The average Bonchev–Trinajstić information content (AvgIpc) is 3.08. The highest BCUT2D eigenvalue weighted by molar-refractivity contribution is 7.15. The van der Waals surface area contributed by atoms with E-state index in [0.717, 1.165) is 37.3 Å². The van der Waals surface area contributed by atoms with E-state index in [1.807, 2.05) is 12.1 Å². The van der Waals surface area contributed by atoms with Crippen LogP contribution in [-0.4, -0.2) is 40.8 Å². The molecule has 1 aliphatic heterocycles. The van der Waals surface area contributed by atoms with Gasteiger partial charge in [0.25, 0.3) is 5.91 Å². The maximum atomic E-state index is 12.5. The van der Waals surface area contributed by atoms with E-state index in [2.05, 4.69) is 48.2 Å². The van der Waals surface area contributed by atoms with Crippen LogP contribution >= 0.6 is 11.3 Å². The van der Waals surface area contributed by atoms with Gasteiger partial charge in [0.2, 0.25) is 5.91 Å². The van der Waals surface area contributed by atoms with Gasteiger partial charge in [0.15, 0.2) is 5.13 Å². The highest BCUT2D eigenvalue weighted by Crippen LogP contribution is 2.28. The van der Waals surface area contributed by atoms with Gasteiger partial charge in [0.05, 0.1) is 5.69 Å². The van der Waals surface area contributed by atoms with Crippen molar-refractivity contribution >= 4 is 28.3 Å². The van der Waals surface area contributed by atoms with Gasteiger partial charge in [-0.1, -0.05) is 39.8 Å². The van der Waals surface area contributed by atoms with E-state index in [-0.39, 0.29) is 17.2 Å². The van der Waals surface area contributed by atoms with Gasteiger partial charge in [-0.05, 0) is 36.6 Å². The van der Waals surface area contributed by atoms with Gasteiger partial charge in [-0.25, -0.2) is 4.98 Å². The molecule has 0 bridgehead atoms. The Kier molecular flexibility index (Phi) is 6.39. The monoisotopic (exact) mass is 414 g/mol. The minimum Gasteiger partial charge on any atom is -0.341 e. The van der Waals surface area contributed by atoms with E-state index in [4.69, 9.17) is 0 Å². The van der Waals surface area contributed by atoms with E-state index < -0.39 is 6.04 Å². The molecule has 156 valence electrons. The van der Waals surface area contributed by atoms with Gasteiger partial charge in [-0.3, -0.25) is 14.5 Å². The maximum Gasteiger partial charge on any atom is 0.251 e. The summed E-state index contributed by atoms with van der Waals surface area (Å²) in [4.78, 5) is 33.2. The second-order valence-corrected chi connectivity index (χ2v) is 9.60. The molecule has 2 N–H and O–H groups in total. The second-order valence-electron chi connectivity index (χ2n) is 8.52. The molecule has 1 aliphatic rings. The number of nitrogens with zero attached hydrogens (tertiary/aromatic N) is 2. The molecule has 1 atom stereocenters. The maximum absolute atomic E-state index is 12.5. The lowest BCUT2D eigenvalue weighted by Crippen LogP contribution is -2.41. The Morgan fingerprint density at radius 3 is 2.55 bits per heavy atom. The highest BCUT2D eigenvalue weighted by Gasteiger charge is 2.23. The van der Waals surface area contributed by atoms with E-state index in [1.165, 1.54) is 16.2 Å². The Hall–Kier alpha value is -2.25. The van der Waals surface area contributed by atoms with Crippen molar-refractivity contribution in [3.63, 3.8) is 0 Å². The number of benzene rings is 1. The molecular formula is C22H30N4O2S. The fourth-order valence-electron chi connectivity index (χ4n) is 3.25. The van der Waals surface area contributed by atoms with Crippen molar-refractivity contribution in [2.75, 3.05) is 18.4 Å². The van der Waals surface area contributed by atoms with Crippen LogP contribution in [0.1, 0.15) is 61.1 Å². The number of likely N-dealkylation sites (N-methyl/N-ethyl adjacent to an activating group) is 1. The number of fused-ring (bicyclic) bond motifs is 1. The molecular weight excluding hydrogens is 384 g/mol. The lowest BCUT2D eigenvalue weighted by atomic mass is 9.86. The van der Waals surface area contributed by atoms with Crippen LogP contribution in [0.15, 0.2) is 24.3 Å². The highest BCUT2D eigenvalue weighted by atomic mass is 32.1. The molecule has 0 saturated carbocycles. The van der Waals surface area contributed by atoms with E-state index >= 15 is 0 Å². The van der Waals surface area contributed by atoms with E-state index in [1.54, 1.807) is 19.1 Å².